The number of carbonyl (C=O) groups excluding carboxylic acids is 1. The van der Waals surface area contributed by atoms with Crippen molar-refractivity contribution in [3.63, 3.8) is 0 Å². The molecular weight excluding hydrogens is 344 g/mol. The first-order chi connectivity index (χ1) is 10.7. The molecule has 1 amide bonds. The number of halogens is 1. The molecule has 1 aromatic heterocycles. The molecule has 0 saturated carbocycles. The van der Waals surface area contributed by atoms with E-state index in [1.54, 1.807) is 42.9 Å². The van der Waals surface area contributed by atoms with Crippen LogP contribution in [-0.2, 0) is 0 Å². The number of hydrazone groups is 1. The molecule has 1 heterocycles. The van der Waals surface area contributed by atoms with Gasteiger partial charge >= 0.3 is 0 Å². The van der Waals surface area contributed by atoms with Crippen LogP contribution < -0.4 is 5.43 Å². The van der Waals surface area contributed by atoms with Gasteiger partial charge in [0.05, 0.1) is 17.2 Å². The van der Waals surface area contributed by atoms with E-state index in [4.69, 9.17) is 0 Å². The number of fused-ring (bicyclic) bond motifs is 1. The van der Waals surface area contributed by atoms with Crippen molar-refractivity contribution >= 4 is 39.1 Å². The summed E-state index contributed by atoms with van der Waals surface area (Å²) >= 11 is 3.33. The fourth-order valence-corrected chi connectivity index (χ4v) is 2.16. The van der Waals surface area contributed by atoms with Gasteiger partial charge in [0.15, 0.2) is 0 Å². The first kappa shape index (κ1) is 14.3. The van der Waals surface area contributed by atoms with Crippen LogP contribution in [0.15, 0.2) is 64.4 Å². The van der Waals surface area contributed by atoms with Crippen molar-refractivity contribution in [2.45, 2.75) is 0 Å². The number of nitrogens with zero attached hydrogens (tertiary/aromatic N) is 3. The fraction of sp³-hybridized carbons (Fsp3) is 0. The molecule has 6 heteroatoms. The maximum Gasteiger partial charge on any atom is 0.271 e. The second kappa shape index (κ2) is 6.44. The summed E-state index contributed by atoms with van der Waals surface area (Å²) in [5.41, 5.74) is 5.48. The van der Waals surface area contributed by atoms with E-state index in [1.165, 1.54) is 0 Å². The van der Waals surface area contributed by atoms with Crippen LogP contribution in [0.2, 0.25) is 0 Å². The molecule has 0 radical (unpaired) electrons. The first-order valence-electron chi connectivity index (χ1n) is 6.52. The summed E-state index contributed by atoms with van der Waals surface area (Å²) < 4.78 is 0.921. The van der Waals surface area contributed by atoms with Gasteiger partial charge in [-0.15, -0.1) is 0 Å². The van der Waals surface area contributed by atoms with Crippen LogP contribution in [0.1, 0.15) is 15.9 Å². The van der Waals surface area contributed by atoms with E-state index in [0.29, 0.717) is 5.56 Å². The van der Waals surface area contributed by atoms with Crippen LogP contribution in [-0.4, -0.2) is 22.1 Å². The Morgan fingerprint density at radius 3 is 2.55 bits per heavy atom. The van der Waals surface area contributed by atoms with Crippen LogP contribution >= 0.6 is 15.9 Å². The van der Waals surface area contributed by atoms with Gasteiger partial charge in [0.25, 0.3) is 5.91 Å². The molecule has 0 aliphatic carbocycles. The normalized spacial score (nSPS) is 11.0. The van der Waals surface area contributed by atoms with Gasteiger partial charge in [0.2, 0.25) is 0 Å². The molecule has 0 spiro atoms. The predicted molar refractivity (Wildman–Crippen MR) is 88.7 cm³/mol. The Hall–Kier alpha value is -2.60. The zero-order valence-corrected chi connectivity index (χ0v) is 13.0. The molecule has 22 heavy (non-hydrogen) atoms. The van der Waals surface area contributed by atoms with E-state index < -0.39 is 0 Å². The maximum atomic E-state index is 11.9. The molecule has 5 nitrogen and oxygen atoms in total. The standard InChI is InChI=1S/C16H11BrN4O/c17-13-4-2-12(3-5-13)16(22)21-20-10-11-1-6-14-15(9-11)19-8-7-18-14/h1-10H,(H,21,22). The average Bonchev–Trinajstić information content (AvgIpc) is 2.55. The minimum Gasteiger partial charge on any atom is -0.267 e. The highest BCUT2D eigenvalue weighted by molar-refractivity contribution is 9.10. The van der Waals surface area contributed by atoms with Gasteiger partial charge in [-0.3, -0.25) is 14.8 Å². The third-order valence-corrected chi connectivity index (χ3v) is 3.51. The number of nitrogens with one attached hydrogen (secondary N) is 1. The lowest BCUT2D eigenvalue weighted by Gasteiger charge is -2.00. The van der Waals surface area contributed by atoms with Crippen molar-refractivity contribution < 1.29 is 4.79 Å². The van der Waals surface area contributed by atoms with Gasteiger partial charge in [-0.25, -0.2) is 5.43 Å². The number of hydrogen-bond acceptors (Lipinski definition) is 4. The Labute approximate surface area is 135 Å². The van der Waals surface area contributed by atoms with Crippen LogP contribution in [0.25, 0.3) is 11.0 Å². The van der Waals surface area contributed by atoms with Crippen molar-refractivity contribution in [1.29, 1.82) is 0 Å². The lowest BCUT2D eigenvalue weighted by atomic mass is 10.2. The van der Waals surface area contributed by atoms with Crippen molar-refractivity contribution in [2.24, 2.45) is 5.10 Å². The number of aromatic nitrogens is 2. The zero-order valence-electron chi connectivity index (χ0n) is 11.4. The quantitative estimate of drug-likeness (QED) is 0.580. The van der Waals surface area contributed by atoms with Crippen molar-refractivity contribution in [3.05, 3.63) is 70.5 Å². The highest BCUT2D eigenvalue weighted by atomic mass is 79.9. The van der Waals surface area contributed by atoms with Gasteiger partial charge in [-0.2, -0.15) is 5.10 Å². The van der Waals surface area contributed by atoms with Gasteiger partial charge in [0.1, 0.15) is 0 Å². The van der Waals surface area contributed by atoms with Crippen molar-refractivity contribution in [3.8, 4) is 0 Å². The summed E-state index contributed by atoms with van der Waals surface area (Å²) in [4.78, 5) is 20.3. The molecule has 1 N–H and O–H groups in total. The lowest BCUT2D eigenvalue weighted by Crippen LogP contribution is -2.17. The molecule has 108 valence electrons. The fourth-order valence-electron chi connectivity index (χ4n) is 1.89. The Morgan fingerprint density at radius 2 is 1.77 bits per heavy atom. The number of hydrogen-bond donors (Lipinski definition) is 1. The monoisotopic (exact) mass is 354 g/mol. The van der Waals surface area contributed by atoms with E-state index in [-0.39, 0.29) is 5.91 Å². The minimum absolute atomic E-state index is 0.260. The molecule has 0 bridgehead atoms. The minimum atomic E-state index is -0.260. The number of amides is 1. The molecule has 0 saturated heterocycles. The van der Waals surface area contributed by atoms with Crippen LogP contribution in [0.5, 0.6) is 0 Å². The van der Waals surface area contributed by atoms with Crippen LogP contribution in [0, 0.1) is 0 Å². The van der Waals surface area contributed by atoms with E-state index in [0.717, 1.165) is 21.1 Å². The van der Waals surface area contributed by atoms with Crippen molar-refractivity contribution in [2.75, 3.05) is 0 Å². The number of benzene rings is 2. The summed E-state index contributed by atoms with van der Waals surface area (Å²) in [6, 6.07) is 12.6. The molecule has 0 fully saturated rings. The van der Waals surface area contributed by atoms with Crippen LogP contribution in [0.4, 0.5) is 0 Å². The van der Waals surface area contributed by atoms with Gasteiger partial charge in [0, 0.05) is 22.4 Å². The molecule has 0 unspecified atom stereocenters. The Morgan fingerprint density at radius 1 is 1.05 bits per heavy atom. The molecule has 3 rings (SSSR count). The summed E-state index contributed by atoms with van der Waals surface area (Å²) in [6.07, 6.45) is 4.86. The summed E-state index contributed by atoms with van der Waals surface area (Å²) in [5.74, 6) is -0.260. The molecule has 2 aromatic carbocycles. The predicted octanol–water partition coefficient (Wildman–Crippen LogP) is 3.16. The van der Waals surface area contributed by atoms with E-state index in [9.17, 15) is 4.79 Å². The third kappa shape index (κ3) is 3.35. The summed E-state index contributed by atoms with van der Waals surface area (Å²) in [6.45, 7) is 0. The topological polar surface area (TPSA) is 67.2 Å². The SMILES string of the molecule is O=C(NN=Cc1ccc2nccnc2c1)c1ccc(Br)cc1. The molecular formula is C16H11BrN4O. The Kier molecular flexibility index (Phi) is 4.20. The highest BCUT2D eigenvalue weighted by Gasteiger charge is 2.03. The smallest absolute Gasteiger partial charge is 0.267 e. The number of carbonyl (C=O) groups is 1. The summed E-state index contributed by atoms with van der Waals surface area (Å²) in [7, 11) is 0. The van der Waals surface area contributed by atoms with Gasteiger partial charge in [-0.05, 0) is 42.0 Å². The molecule has 0 atom stereocenters. The second-order valence-corrected chi connectivity index (χ2v) is 5.43. The Balaban J connectivity index is 1.70. The molecule has 0 aliphatic rings. The largest absolute Gasteiger partial charge is 0.271 e. The van der Waals surface area contributed by atoms with Crippen molar-refractivity contribution in [1.82, 2.24) is 15.4 Å². The van der Waals surface area contributed by atoms with E-state index >= 15 is 0 Å². The van der Waals surface area contributed by atoms with Gasteiger partial charge in [-0.1, -0.05) is 22.0 Å². The van der Waals surface area contributed by atoms with Gasteiger partial charge < -0.3 is 0 Å². The third-order valence-electron chi connectivity index (χ3n) is 2.98. The van der Waals surface area contributed by atoms with E-state index in [2.05, 4.69) is 36.4 Å². The molecule has 0 aliphatic heterocycles. The zero-order chi connectivity index (χ0) is 15.4. The molecule has 3 aromatic rings. The average molecular weight is 355 g/mol. The maximum absolute atomic E-state index is 11.9. The van der Waals surface area contributed by atoms with Crippen LogP contribution in [0.3, 0.4) is 0 Å². The summed E-state index contributed by atoms with van der Waals surface area (Å²) in [5, 5.41) is 3.96. The van der Waals surface area contributed by atoms with E-state index in [1.807, 2.05) is 18.2 Å². The number of rotatable bonds is 3. The Bertz CT molecular complexity index is 846. The first-order valence-corrected chi connectivity index (χ1v) is 7.31. The lowest BCUT2D eigenvalue weighted by molar-refractivity contribution is 0.0955. The second-order valence-electron chi connectivity index (χ2n) is 4.51. The highest BCUT2D eigenvalue weighted by Crippen LogP contribution is 2.11.